The van der Waals surface area contributed by atoms with E-state index in [0.29, 0.717) is 11.5 Å². The van der Waals surface area contributed by atoms with Crippen LogP contribution in [0.1, 0.15) is 99.3 Å². The monoisotopic (exact) mass is 1030 g/mol. The topological polar surface area (TPSA) is 63.2 Å². The summed E-state index contributed by atoms with van der Waals surface area (Å²) in [5.74, 6) is 5.64. The first kappa shape index (κ1) is 44.4. The third kappa shape index (κ3) is 6.56. The molecule has 0 amide bonds. The van der Waals surface area contributed by atoms with Gasteiger partial charge in [0.25, 0.3) is 0 Å². The number of rotatable bonds is 6. The zero-order valence-corrected chi connectivity index (χ0v) is 42.9. The Morgan fingerprint density at radius 3 is 1.18 bits per heavy atom. The molecule has 8 aliphatic rings. The summed E-state index contributed by atoms with van der Waals surface area (Å²) in [6.07, 6.45) is 15.5. The van der Waals surface area contributed by atoms with Gasteiger partial charge in [0.05, 0.1) is 22.8 Å². The molecule has 8 saturated carbocycles. The van der Waals surface area contributed by atoms with Crippen LogP contribution in [0.15, 0.2) is 91.0 Å². The van der Waals surface area contributed by atoms with Crippen LogP contribution in [0.2, 0.25) is 0 Å². The molecule has 0 atom stereocenters. The number of fused-ring (bicyclic) bond motifs is 2. The summed E-state index contributed by atoms with van der Waals surface area (Å²) in [5, 5.41) is 27.7. The number of phenols is 2. The Balaban J connectivity index is 0.00000166. The molecule has 0 saturated heterocycles. The summed E-state index contributed by atoms with van der Waals surface area (Å²) < 4.78 is 4.58. The molecule has 334 valence electrons. The van der Waals surface area contributed by atoms with Gasteiger partial charge < -0.3 is 34.2 Å². The minimum atomic E-state index is 0. The average Bonchev–Trinajstić information content (AvgIpc) is 3.71. The van der Waals surface area contributed by atoms with Crippen molar-refractivity contribution >= 4 is 21.8 Å². The number of nitrogens with zero attached hydrogens (tertiary/aromatic N) is 3. The van der Waals surface area contributed by atoms with Gasteiger partial charge in [-0.05, 0) is 185 Å². The molecule has 0 spiro atoms. The van der Waals surface area contributed by atoms with Crippen LogP contribution in [0.5, 0.6) is 11.5 Å². The fraction of sp³-hybridized carbons (Fsp3) is 0.407. The summed E-state index contributed by atoms with van der Waals surface area (Å²) in [7, 11) is 4.31. The molecular weight excluding hydrogens is 961 g/mol. The second-order valence-corrected chi connectivity index (χ2v) is 21.8. The van der Waals surface area contributed by atoms with Gasteiger partial charge in [-0.2, -0.15) is 0 Å². The number of aromatic hydroxyl groups is 2. The standard InChI is InChI=1S/C57H59N3O2.2CH3.Hf/c1-32-16-42(54(61)44(18-32)56-26-34-20-35(27-56)22-36(21-34)28-56)52-50(40-10-5-7-14-48(40)59(52)3)46-12-9-13-47(58-46)51-41-11-6-8-15-49(41)60(4)53(51)43-17-33(2)19-45(55(43)62)57-29-37-23-38(30-57)25-39(24-37)31-57;;;/h5-19,34-39,61-62H,20-31H2,1-4H3;2*1H3;/q;2*-1;. The SMILES string of the molecule is Cc1cc(-c2c(-c3cccc(-c4c(-c5cc(C)cc(C67CC8CC(CC(C8)C6)C7)c5O)n(C)c5ccccc45)n3)c3ccccc3n2C)c(O)c(C23CC4CC(CC(C4)C2)C3)c1.[CH3-].[CH3-].[Hf]. The average molecular weight is 1030 g/mol. The number of pyridine rings is 1. The zero-order chi connectivity index (χ0) is 41.8. The Hall–Kier alpha value is -4.42. The predicted molar refractivity (Wildman–Crippen MR) is 264 cm³/mol. The minimum absolute atomic E-state index is 0. The van der Waals surface area contributed by atoms with E-state index in [9.17, 15) is 10.2 Å². The van der Waals surface area contributed by atoms with Crippen molar-refractivity contribution in [3.8, 4) is 56.5 Å². The number of hydrogen-bond donors (Lipinski definition) is 2. The first-order valence-corrected chi connectivity index (χ1v) is 23.9. The molecule has 2 N–H and O–H groups in total. The number of aromatic nitrogens is 3. The van der Waals surface area contributed by atoms with Crippen LogP contribution >= 0.6 is 0 Å². The van der Waals surface area contributed by atoms with Gasteiger partial charge in [-0.25, -0.2) is 4.98 Å². The minimum Gasteiger partial charge on any atom is -0.507 e. The van der Waals surface area contributed by atoms with E-state index in [2.05, 4.69) is 128 Å². The number of para-hydroxylation sites is 2. The second kappa shape index (κ2) is 15.8. The number of benzene rings is 4. The first-order chi connectivity index (χ1) is 30.0. The predicted octanol–water partition coefficient (Wildman–Crippen LogP) is 14.6. The molecule has 7 aromatic rings. The fourth-order valence-electron chi connectivity index (χ4n) is 16.3. The molecule has 3 heterocycles. The van der Waals surface area contributed by atoms with Gasteiger partial charge in [0.15, 0.2) is 0 Å². The van der Waals surface area contributed by atoms with E-state index in [1.54, 1.807) is 0 Å². The van der Waals surface area contributed by atoms with Crippen molar-refractivity contribution in [3.63, 3.8) is 0 Å². The van der Waals surface area contributed by atoms with E-state index in [-0.39, 0.29) is 51.5 Å². The van der Waals surface area contributed by atoms with Crippen LogP contribution in [0.4, 0.5) is 0 Å². The number of phenolic OH excluding ortho intramolecular Hbond substituents is 2. The van der Waals surface area contributed by atoms with Crippen LogP contribution in [0.3, 0.4) is 0 Å². The van der Waals surface area contributed by atoms with Gasteiger partial charge in [0.1, 0.15) is 11.5 Å². The van der Waals surface area contributed by atoms with Crippen molar-refractivity contribution in [2.24, 2.45) is 49.6 Å². The third-order valence-electron chi connectivity index (χ3n) is 17.7. The van der Waals surface area contributed by atoms with Crippen LogP contribution in [0.25, 0.3) is 66.8 Å². The molecule has 5 nitrogen and oxygen atoms in total. The third-order valence-corrected chi connectivity index (χ3v) is 17.7. The molecule has 3 aromatic heterocycles. The Morgan fingerprint density at radius 1 is 0.492 bits per heavy atom. The molecule has 0 unspecified atom stereocenters. The van der Waals surface area contributed by atoms with E-state index in [1.807, 2.05) is 0 Å². The van der Waals surface area contributed by atoms with Crippen molar-refractivity contribution in [3.05, 3.63) is 128 Å². The maximum absolute atomic E-state index is 12.7. The Bertz CT molecular complexity index is 2750. The number of aryl methyl sites for hydroxylation is 4. The summed E-state index contributed by atoms with van der Waals surface area (Å²) >= 11 is 0. The Labute approximate surface area is 405 Å². The summed E-state index contributed by atoms with van der Waals surface area (Å²) in [5.41, 5.74) is 14.8. The molecule has 4 aromatic carbocycles. The maximum atomic E-state index is 12.7. The van der Waals surface area contributed by atoms with Crippen LogP contribution < -0.4 is 0 Å². The number of hydrogen-bond acceptors (Lipinski definition) is 3. The largest absolute Gasteiger partial charge is 0.507 e. The normalized spacial score (nSPS) is 28.1. The van der Waals surface area contributed by atoms with Gasteiger partial charge >= 0.3 is 0 Å². The van der Waals surface area contributed by atoms with Gasteiger partial charge in [0.2, 0.25) is 0 Å². The molecule has 6 heteroatoms. The molecule has 0 radical (unpaired) electrons. The zero-order valence-electron chi connectivity index (χ0n) is 39.3. The van der Waals surface area contributed by atoms with Gasteiger partial charge in [0, 0.05) is 95.1 Å². The van der Waals surface area contributed by atoms with Crippen LogP contribution in [-0.2, 0) is 50.8 Å². The van der Waals surface area contributed by atoms with Gasteiger partial charge in [-0.15, -0.1) is 0 Å². The summed E-state index contributed by atoms with van der Waals surface area (Å²) in [4.78, 5) is 5.68. The molecular formula is C59H65HfN3O2-2. The maximum Gasteiger partial charge on any atom is 0.128 e. The van der Waals surface area contributed by atoms with Crippen molar-refractivity contribution in [2.75, 3.05) is 0 Å². The van der Waals surface area contributed by atoms with Crippen LogP contribution in [-0.4, -0.2) is 24.3 Å². The smallest absolute Gasteiger partial charge is 0.128 e. The first-order valence-electron chi connectivity index (χ1n) is 23.9. The summed E-state index contributed by atoms with van der Waals surface area (Å²) in [6, 6.07) is 32.9. The quantitative estimate of drug-likeness (QED) is 0.129. The molecule has 65 heavy (non-hydrogen) atoms. The fourth-order valence-corrected chi connectivity index (χ4v) is 16.3. The van der Waals surface area contributed by atoms with Crippen molar-refractivity contribution in [2.45, 2.75) is 102 Å². The van der Waals surface area contributed by atoms with Crippen molar-refractivity contribution in [1.82, 2.24) is 14.1 Å². The van der Waals surface area contributed by atoms with E-state index < -0.39 is 0 Å². The molecule has 15 rings (SSSR count). The van der Waals surface area contributed by atoms with E-state index in [0.717, 1.165) is 102 Å². The second-order valence-electron chi connectivity index (χ2n) is 21.8. The molecule has 8 aliphatic carbocycles. The molecule has 8 bridgehead atoms. The van der Waals surface area contributed by atoms with Crippen molar-refractivity contribution in [1.29, 1.82) is 0 Å². The van der Waals surface area contributed by atoms with Gasteiger partial charge in [-0.1, -0.05) is 54.6 Å². The van der Waals surface area contributed by atoms with Gasteiger partial charge in [-0.3, -0.25) is 0 Å². The summed E-state index contributed by atoms with van der Waals surface area (Å²) in [6.45, 7) is 4.43. The van der Waals surface area contributed by atoms with Crippen molar-refractivity contribution < 1.29 is 36.1 Å². The molecule has 8 fully saturated rings. The Kier molecular flexibility index (Phi) is 10.8. The van der Waals surface area contributed by atoms with E-state index in [4.69, 9.17) is 4.98 Å². The van der Waals surface area contributed by atoms with E-state index >= 15 is 0 Å². The molecule has 0 aliphatic heterocycles. The Morgan fingerprint density at radius 2 is 0.831 bits per heavy atom. The van der Waals surface area contributed by atoms with Crippen LogP contribution in [0, 0.1) is 64.2 Å². The van der Waals surface area contributed by atoms with E-state index in [1.165, 1.54) is 99.3 Å².